The average molecular weight is 540 g/mol. The number of likely N-dealkylation sites (N-methyl/N-ethyl adjacent to an activating group) is 1. The van der Waals surface area contributed by atoms with Crippen LogP contribution in [0.3, 0.4) is 0 Å². The molecule has 0 fully saturated rings. The molecule has 0 saturated heterocycles. The van der Waals surface area contributed by atoms with Gasteiger partial charge < -0.3 is 19.7 Å². The fraction of sp³-hybridized carbons (Fsp3) is 0.286. The summed E-state index contributed by atoms with van der Waals surface area (Å²) in [5, 5.41) is 2.60. The number of hydrogen-bond acceptors (Lipinski definition) is 6. The largest absolute Gasteiger partial charge is 0.497 e. The summed E-state index contributed by atoms with van der Waals surface area (Å²) in [6.07, 6.45) is 1.39. The first-order valence-corrected chi connectivity index (χ1v) is 14.0. The summed E-state index contributed by atoms with van der Waals surface area (Å²) in [5.41, 5.74) is 1.05. The molecule has 0 heterocycles. The minimum Gasteiger partial charge on any atom is -0.497 e. The van der Waals surface area contributed by atoms with E-state index in [9.17, 15) is 18.0 Å². The lowest BCUT2D eigenvalue weighted by molar-refractivity contribution is -0.140. The molecule has 0 spiro atoms. The van der Waals surface area contributed by atoms with Crippen LogP contribution < -0.4 is 19.1 Å². The van der Waals surface area contributed by atoms with Crippen LogP contribution in [0.2, 0.25) is 0 Å². The highest BCUT2D eigenvalue weighted by atomic mass is 32.2. The van der Waals surface area contributed by atoms with E-state index in [0.29, 0.717) is 29.4 Å². The number of nitrogens with zero attached hydrogens (tertiary/aromatic N) is 2. The Morgan fingerprint density at radius 2 is 1.55 bits per heavy atom. The first kappa shape index (κ1) is 28.5. The highest BCUT2D eigenvalue weighted by Crippen LogP contribution is 2.26. The van der Waals surface area contributed by atoms with Gasteiger partial charge in [-0.15, -0.1) is 0 Å². The second-order valence-corrected chi connectivity index (χ2v) is 10.5. The van der Waals surface area contributed by atoms with E-state index < -0.39 is 28.5 Å². The van der Waals surface area contributed by atoms with Crippen LogP contribution in [-0.4, -0.2) is 58.1 Å². The molecule has 0 saturated carbocycles. The lowest BCUT2D eigenvalue weighted by Gasteiger charge is -2.32. The number of sulfonamides is 1. The molecule has 2 amide bonds. The number of rotatable bonds is 12. The number of nitrogens with one attached hydrogen (secondary N) is 1. The van der Waals surface area contributed by atoms with E-state index in [1.165, 1.54) is 11.9 Å². The number of ether oxygens (including phenoxy) is 2. The topological polar surface area (TPSA) is 105 Å². The Morgan fingerprint density at radius 3 is 2.13 bits per heavy atom. The van der Waals surface area contributed by atoms with Crippen molar-refractivity contribution in [1.29, 1.82) is 0 Å². The third-order valence-electron chi connectivity index (χ3n) is 5.90. The van der Waals surface area contributed by atoms with Crippen molar-refractivity contribution in [2.75, 3.05) is 31.3 Å². The third kappa shape index (κ3) is 7.48. The summed E-state index contributed by atoms with van der Waals surface area (Å²) >= 11 is 0. The molecular weight excluding hydrogens is 506 g/mol. The second-order valence-electron chi connectivity index (χ2n) is 8.59. The highest BCUT2D eigenvalue weighted by Gasteiger charge is 2.31. The maximum absolute atomic E-state index is 13.6. The monoisotopic (exact) mass is 539 g/mol. The molecule has 202 valence electrons. The molecule has 0 aliphatic carbocycles. The number of para-hydroxylation sites is 1. The average Bonchev–Trinajstić information content (AvgIpc) is 2.92. The summed E-state index contributed by atoms with van der Waals surface area (Å²) in [6, 6.07) is 22.0. The van der Waals surface area contributed by atoms with E-state index in [2.05, 4.69) is 5.32 Å². The number of methoxy groups -OCH3 is 1. The summed E-state index contributed by atoms with van der Waals surface area (Å²) in [5.74, 6) is 0.919. The first-order chi connectivity index (χ1) is 18.2. The predicted molar refractivity (Wildman–Crippen MR) is 147 cm³/mol. The Labute approximate surface area is 224 Å². The zero-order chi connectivity index (χ0) is 27.7. The van der Waals surface area contributed by atoms with Crippen molar-refractivity contribution in [2.24, 2.45) is 0 Å². The summed E-state index contributed by atoms with van der Waals surface area (Å²) in [6.45, 7) is 1.42. The predicted octanol–water partition coefficient (Wildman–Crippen LogP) is 3.81. The quantitative estimate of drug-likeness (QED) is 0.375. The van der Waals surface area contributed by atoms with Gasteiger partial charge in [0.15, 0.2) is 0 Å². The molecule has 0 aromatic heterocycles. The molecule has 0 bridgehead atoms. The van der Waals surface area contributed by atoms with E-state index >= 15 is 0 Å². The number of hydrogen-bond donors (Lipinski definition) is 1. The Bertz CT molecular complexity index is 1330. The van der Waals surface area contributed by atoms with Crippen LogP contribution in [0.4, 0.5) is 5.69 Å². The van der Waals surface area contributed by atoms with E-state index in [1.54, 1.807) is 56.5 Å². The van der Waals surface area contributed by atoms with Crippen LogP contribution >= 0.6 is 0 Å². The number of amides is 2. The highest BCUT2D eigenvalue weighted by molar-refractivity contribution is 7.92. The van der Waals surface area contributed by atoms with Crippen LogP contribution in [0.5, 0.6) is 17.2 Å². The molecule has 0 unspecified atom stereocenters. The van der Waals surface area contributed by atoms with Crippen molar-refractivity contribution in [1.82, 2.24) is 10.2 Å². The van der Waals surface area contributed by atoms with Crippen LogP contribution in [0.1, 0.15) is 18.9 Å². The van der Waals surface area contributed by atoms with Crippen molar-refractivity contribution in [2.45, 2.75) is 25.9 Å². The van der Waals surface area contributed by atoms with Gasteiger partial charge in [0.1, 0.15) is 29.8 Å². The summed E-state index contributed by atoms with van der Waals surface area (Å²) < 4.78 is 37.6. The van der Waals surface area contributed by atoms with Crippen LogP contribution in [0.25, 0.3) is 0 Å². The van der Waals surface area contributed by atoms with E-state index in [4.69, 9.17) is 9.47 Å². The smallest absolute Gasteiger partial charge is 0.244 e. The minimum absolute atomic E-state index is 0.101. The van der Waals surface area contributed by atoms with Gasteiger partial charge in [0.05, 0.1) is 19.1 Å². The lowest BCUT2D eigenvalue weighted by Crippen LogP contribution is -2.51. The van der Waals surface area contributed by atoms with E-state index in [1.807, 2.05) is 36.4 Å². The maximum Gasteiger partial charge on any atom is 0.244 e. The molecule has 1 atom stereocenters. The van der Waals surface area contributed by atoms with Gasteiger partial charge in [0.25, 0.3) is 0 Å². The van der Waals surface area contributed by atoms with Gasteiger partial charge >= 0.3 is 0 Å². The maximum atomic E-state index is 13.6. The van der Waals surface area contributed by atoms with Crippen molar-refractivity contribution < 1.29 is 27.5 Å². The Kier molecular flexibility index (Phi) is 9.72. The van der Waals surface area contributed by atoms with Crippen molar-refractivity contribution in [3.63, 3.8) is 0 Å². The van der Waals surface area contributed by atoms with Crippen LogP contribution in [-0.2, 0) is 26.2 Å². The van der Waals surface area contributed by atoms with Gasteiger partial charge in [0.2, 0.25) is 21.8 Å². The molecular formula is C28H33N3O6S. The normalized spacial score (nSPS) is 11.8. The zero-order valence-electron chi connectivity index (χ0n) is 22.0. The zero-order valence-corrected chi connectivity index (χ0v) is 22.8. The van der Waals surface area contributed by atoms with Crippen LogP contribution in [0, 0.1) is 0 Å². The molecule has 0 aliphatic rings. The molecule has 3 aromatic rings. The molecule has 10 heteroatoms. The Morgan fingerprint density at radius 1 is 0.921 bits per heavy atom. The first-order valence-electron chi connectivity index (χ1n) is 12.1. The van der Waals surface area contributed by atoms with Crippen molar-refractivity contribution in [3.05, 3.63) is 84.4 Å². The third-order valence-corrected chi connectivity index (χ3v) is 7.04. The van der Waals surface area contributed by atoms with Gasteiger partial charge in [-0.05, 0) is 60.5 Å². The molecule has 0 radical (unpaired) electrons. The van der Waals surface area contributed by atoms with Gasteiger partial charge in [-0.3, -0.25) is 13.9 Å². The molecule has 3 rings (SSSR count). The van der Waals surface area contributed by atoms with Gasteiger partial charge in [0, 0.05) is 13.6 Å². The fourth-order valence-corrected chi connectivity index (χ4v) is 4.82. The number of benzene rings is 3. The molecule has 0 aliphatic heterocycles. The van der Waals surface area contributed by atoms with Gasteiger partial charge in [-0.1, -0.05) is 37.3 Å². The molecule has 38 heavy (non-hydrogen) atoms. The lowest BCUT2D eigenvalue weighted by atomic mass is 10.1. The van der Waals surface area contributed by atoms with Crippen molar-refractivity contribution in [3.8, 4) is 17.2 Å². The van der Waals surface area contributed by atoms with Gasteiger partial charge in [-0.25, -0.2) is 8.42 Å². The molecule has 1 N–H and O–H groups in total. The van der Waals surface area contributed by atoms with Crippen LogP contribution in [0.15, 0.2) is 78.9 Å². The van der Waals surface area contributed by atoms with E-state index in [0.717, 1.165) is 16.1 Å². The molecule has 3 aromatic carbocycles. The standard InChI is InChI=1S/C28H33N3O6S/c1-5-26(28(33)29-2)30(19-21-10-9-13-25(18-21)36-3)27(32)20-31(38(4,34)35)22-14-16-24(17-15-22)37-23-11-7-6-8-12-23/h6-18,26H,5,19-20H2,1-4H3,(H,29,33)/t26-/m0/s1. The fourth-order valence-electron chi connectivity index (χ4n) is 3.97. The number of carbonyl (C=O) groups excluding carboxylic acids is 2. The molecule has 9 nitrogen and oxygen atoms in total. The Balaban J connectivity index is 1.89. The van der Waals surface area contributed by atoms with E-state index in [-0.39, 0.29) is 12.5 Å². The van der Waals surface area contributed by atoms with Gasteiger partial charge in [-0.2, -0.15) is 0 Å². The second kappa shape index (κ2) is 13.0. The van der Waals surface area contributed by atoms with Crippen molar-refractivity contribution >= 4 is 27.5 Å². The summed E-state index contributed by atoms with van der Waals surface area (Å²) in [4.78, 5) is 27.7. The minimum atomic E-state index is -3.84. The number of carbonyl (C=O) groups is 2. The Hall–Kier alpha value is -4.05. The SMILES string of the molecule is CC[C@@H](C(=O)NC)N(Cc1cccc(OC)c1)C(=O)CN(c1ccc(Oc2ccccc2)cc1)S(C)(=O)=O. The number of anilines is 1. The summed E-state index contributed by atoms with van der Waals surface area (Å²) in [7, 11) is -0.791.